The zero-order valence-electron chi connectivity index (χ0n) is 16.1. The molecule has 9 heteroatoms. The number of methoxy groups -OCH3 is 3. The first kappa shape index (κ1) is 19.7. The first-order valence-electron chi connectivity index (χ1n) is 8.56. The lowest BCUT2D eigenvalue weighted by molar-refractivity contribution is 0.262. The molecule has 0 bridgehead atoms. The summed E-state index contributed by atoms with van der Waals surface area (Å²) in [7, 11) is 4.50. The molecule has 1 heterocycles. The van der Waals surface area contributed by atoms with Crippen LogP contribution in [0.5, 0.6) is 29.0 Å². The van der Waals surface area contributed by atoms with Crippen LogP contribution in [0.2, 0.25) is 0 Å². The van der Waals surface area contributed by atoms with Crippen LogP contribution in [-0.2, 0) is 0 Å². The first-order valence-corrected chi connectivity index (χ1v) is 8.56. The van der Waals surface area contributed by atoms with Crippen LogP contribution < -0.4 is 29.6 Å². The van der Waals surface area contributed by atoms with Gasteiger partial charge in [0.25, 0.3) is 0 Å². The van der Waals surface area contributed by atoms with Crippen molar-refractivity contribution in [3.63, 3.8) is 0 Å². The summed E-state index contributed by atoms with van der Waals surface area (Å²) in [5.74, 6) is 1.90. The van der Waals surface area contributed by atoms with Gasteiger partial charge in [-0.3, -0.25) is 0 Å². The summed E-state index contributed by atoms with van der Waals surface area (Å²) >= 11 is 0. The van der Waals surface area contributed by atoms with Gasteiger partial charge in [0.15, 0.2) is 11.5 Å². The molecule has 3 aromatic rings. The number of carbonyl (C=O) groups is 1. The Hall–Kier alpha value is -4.01. The number of para-hydroxylation sites is 1. The Morgan fingerprint density at radius 2 is 1.41 bits per heavy atom. The van der Waals surface area contributed by atoms with Crippen molar-refractivity contribution >= 4 is 17.4 Å². The molecule has 150 valence electrons. The van der Waals surface area contributed by atoms with Gasteiger partial charge in [0, 0.05) is 12.1 Å². The van der Waals surface area contributed by atoms with E-state index in [1.165, 1.54) is 33.7 Å². The molecule has 0 aliphatic rings. The molecule has 0 saturated carbocycles. The average Bonchev–Trinajstić information content (AvgIpc) is 2.75. The number of nitrogens with one attached hydrogen (secondary N) is 2. The number of anilines is 2. The van der Waals surface area contributed by atoms with Crippen molar-refractivity contribution in [1.29, 1.82) is 0 Å². The van der Waals surface area contributed by atoms with E-state index in [2.05, 4.69) is 20.6 Å². The largest absolute Gasteiger partial charge is 0.493 e. The van der Waals surface area contributed by atoms with Crippen LogP contribution in [0.15, 0.2) is 54.9 Å². The third-order valence-corrected chi connectivity index (χ3v) is 3.76. The number of benzene rings is 2. The minimum Gasteiger partial charge on any atom is -0.493 e. The molecule has 0 fully saturated rings. The summed E-state index contributed by atoms with van der Waals surface area (Å²) in [5.41, 5.74) is 0.859. The normalized spacial score (nSPS) is 10.0. The zero-order chi connectivity index (χ0) is 20.6. The third kappa shape index (κ3) is 5.04. The first-order chi connectivity index (χ1) is 14.1. The van der Waals surface area contributed by atoms with Crippen molar-refractivity contribution in [1.82, 2.24) is 9.97 Å². The second kappa shape index (κ2) is 9.27. The Balaban J connectivity index is 1.65. The van der Waals surface area contributed by atoms with Crippen LogP contribution in [0.25, 0.3) is 0 Å². The number of aromatic nitrogens is 2. The predicted octanol–water partition coefficient (Wildman–Crippen LogP) is 3.94. The molecule has 9 nitrogen and oxygen atoms in total. The van der Waals surface area contributed by atoms with E-state index in [4.69, 9.17) is 18.9 Å². The fraction of sp³-hybridized carbons (Fsp3) is 0.150. The van der Waals surface area contributed by atoms with Crippen LogP contribution in [0.1, 0.15) is 0 Å². The lowest BCUT2D eigenvalue weighted by atomic mass is 10.2. The molecule has 3 rings (SSSR count). The molecule has 0 aliphatic carbocycles. The molecular formula is C20H20N4O5. The van der Waals surface area contributed by atoms with Gasteiger partial charge in [-0.05, 0) is 12.1 Å². The number of rotatable bonds is 7. The molecule has 0 aliphatic heterocycles. The number of nitrogens with zero attached hydrogens (tertiary/aromatic N) is 2. The Morgan fingerprint density at radius 1 is 0.828 bits per heavy atom. The van der Waals surface area contributed by atoms with Gasteiger partial charge < -0.3 is 29.6 Å². The monoisotopic (exact) mass is 396 g/mol. The quantitative estimate of drug-likeness (QED) is 0.623. The smallest absolute Gasteiger partial charge is 0.323 e. The Morgan fingerprint density at radius 3 is 1.97 bits per heavy atom. The molecule has 0 atom stereocenters. The maximum atomic E-state index is 12.3. The standard InChI is InChI=1S/C20H20N4O5/c1-26-16-9-13(10-17(27-2)18(16)28-3)23-19(25)24-14-11-21-20(22-12-14)29-15-7-5-4-6-8-15/h4-12H,1-3H3,(H2,23,24,25). The van der Waals surface area contributed by atoms with E-state index in [0.717, 1.165) is 0 Å². The molecular weight excluding hydrogens is 376 g/mol. The maximum Gasteiger partial charge on any atom is 0.323 e. The predicted molar refractivity (Wildman–Crippen MR) is 107 cm³/mol. The van der Waals surface area contributed by atoms with E-state index < -0.39 is 6.03 Å². The lowest BCUT2D eigenvalue weighted by Crippen LogP contribution is -2.19. The fourth-order valence-corrected chi connectivity index (χ4v) is 2.47. The van der Waals surface area contributed by atoms with Crippen molar-refractivity contribution in [2.75, 3.05) is 32.0 Å². The summed E-state index contributed by atoms with van der Waals surface area (Å²) in [4.78, 5) is 20.4. The van der Waals surface area contributed by atoms with Gasteiger partial charge in [-0.15, -0.1) is 0 Å². The number of amides is 2. The number of ether oxygens (including phenoxy) is 4. The summed E-state index contributed by atoms with van der Waals surface area (Å²) in [5, 5.41) is 5.33. The number of hydrogen-bond acceptors (Lipinski definition) is 7. The SMILES string of the molecule is COc1cc(NC(=O)Nc2cnc(Oc3ccccc3)nc2)cc(OC)c1OC. The summed E-state index contributed by atoms with van der Waals surface area (Å²) in [6.45, 7) is 0. The van der Waals surface area contributed by atoms with Crippen molar-refractivity contribution in [2.45, 2.75) is 0 Å². The van der Waals surface area contributed by atoms with Gasteiger partial charge >= 0.3 is 12.0 Å². The number of hydrogen-bond donors (Lipinski definition) is 2. The van der Waals surface area contributed by atoms with E-state index in [0.29, 0.717) is 34.4 Å². The number of carbonyl (C=O) groups excluding carboxylic acids is 1. The molecule has 0 radical (unpaired) electrons. The molecule has 2 aromatic carbocycles. The van der Waals surface area contributed by atoms with E-state index in [1.54, 1.807) is 24.3 Å². The van der Waals surface area contributed by atoms with Gasteiger partial charge in [-0.25, -0.2) is 14.8 Å². The van der Waals surface area contributed by atoms with Gasteiger partial charge in [0.05, 0.1) is 45.1 Å². The molecule has 29 heavy (non-hydrogen) atoms. The highest BCUT2D eigenvalue weighted by atomic mass is 16.5. The lowest BCUT2D eigenvalue weighted by Gasteiger charge is -2.14. The second-order valence-corrected chi connectivity index (χ2v) is 5.66. The van der Waals surface area contributed by atoms with Crippen molar-refractivity contribution < 1.29 is 23.7 Å². The summed E-state index contributed by atoms with van der Waals surface area (Å²) < 4.78 is 21.3. The van der Waals surface area contributed by atoms with Crippen LogP contribution in [0.4, 0.5) is 16.2 Å². The second-order valence-electron chi connectivity index (χ2n) is 5.66. The summed E-state index contributed by atoms with van der Waals surface area (Å²) in [6.07, 6.45) is 2.89. The highest BCUT2D eigenvalue weighted by Crippen LogP contribution is 2.39. The number of urea groups is 1. The molecule has 0 unspecified atom stereocenters. The Bertz CT molecular complexity index is 939. The summed E-state index contributed by atoms with van der Waals surface area (Å²) in [6, 6.07) is 12.1. The average molecular weight is 396 g/mol. The van der Waals surface area contributed by atoms with Gasteiger partial charge in [-0.1, -0.05) is 18.2 Å². The maximum absolute atomic E-state index is 12.3. The van der Waals surface area contributed by atoms with Gasteiger partial charge in [0.2, 0.25) is 5.75 Å². The Kier molecular flexibility index (Phi) is 6.31. The third-order valence-electron chi connectivity index (χ3n) is 3.76. The van der Waals surface area contributed by atoms with Crippen molar-refractivity contribution in [3.8, 4) is 29.0 Å². The Labute approximate surface area is 167 Å². The molecule has 2 amide bonds. The topological polar surface area (TPSA) is 104 Å². The zero-order valence-corrected chi connectivity index (χ0v) is 16.1. The van der Waals surface area contributed by atoms with E-state index in [9.17, 15) is 4.79 Å². The van der Waals surface area contributed by atoms with Crippen LogP contribution in [0.3, 0.4) is 0 Å². The molecule has 0 saturated heterocycles. The van der Waals surface area contributed by atoms with E-state index in [-0.39, 0.29) is 6.01 Å². The van der Waals surface area contributed by atoms with Crippen LogP contribution in [-0.4, -0.2) is 37.3 Å². The van der Waals surface area contributed by atoms with Crippen LogP contribution in [0, 0.1) is 0 Å². The fourth-order valence-electron chi connectivity index (χ4n) is 2.47. The van der Waals surface area contributed by atoms with Gasteiger partial charge in [0.1, 0.15) is 5.75 Å². The van der Waals surface area contributed by atoms with Crippen molar-refractivity contribution in [2.24, 2.45) is 0 Å². The minimum atomic E-state index is -0.486. The highest BCUT2D eigenvalue weighted by Gasteiger charge is 2.14. The van der Waals surface area contributed by atoms with E-state index >= 15 is 0 Å². The van der Waals surface area contributed by atoms with Crippen LogP contribution >= 0.6 is 0 Å². The minimum absolute atomic E-state index is 0.173. The van der Waals surface area contributed by atoms with Crippen molar-refractivity contribution in [3.05, 3.63) is 54.9 Å². The molecule has 2 N–H and O–H groups in total. The van der Waals surface area contributed by atoms with Gasteiger partial charge in [-0.2, -0.15) is 0 Å². The molecule has 1 aromatic heterocycles. The molecule has 0 spiro atoms. The highest BCUT2D eigenvalue weighted by molar-refractivity contribution is 6.00. The van der Waals surface area contributed by atoms with E-state index in [1.807, 2.05) is 18.2 Å².